The number of nitrogens with one attached hydrogen (secondary N) is 1. The van der Waals surface area contributed by atoms with Gasteiger partial charge in [0.25, 0.3) is 0 Å². The van der Waals surface area contributed by atoms with E-state index in [2.05, 4.69) is 24.4 Å². The SMILES string of the molecule is Cc1ccc2nc(-c3ccc(NC(=O)[C@@H]4CC(=O)N(C(C)C)C4)cc3)sc2c1. The fraction of sp³-hybridized carbons (Fsp3) is 0.318. The van der Waals surface area contributed by atoms with Crippen LogP contribution in [0.1, 0.15) is 25.8 Å². The van der Waals surface area contributed by atoms with Gasteiger partial charge in [-0.3, -0.25) is 9.59 Å². The molecule has 28 heavy (non-hydrogen) atoms. The molecule has 2 aromatic carbocycles. The number of anilines is 1. The molecule has 0 radical (unpaired) electrons. The molecule has 0 aliphatic carbocycles. The van der Waals surface area contributed by atoms with Crippen LogP contribution in [0, 0.1) is 12.8 Å². The minimum Gasteiger partial charge on any atom is -0.339 e. The van der Waals surface area contributed by atoms with Crippen molar-refractivity contribution >= 4 is 39.1 Å². The zero-order chi connectivity index (χ0) is 19.8. The van der Waals surface area contributed by atoms with Gasteiger partial charge in [0.05, 0.1) is 16.1 Å². The first-order valence-electron chi connectivity index (χ1n) is 9.48. The average molecular weight is 394 g/mol. The summed E-state index contributed by atoms with van der Waals surface area (Å²) in [6.45, 7) is 6.51. The molecule has 0 saturated carbocycles. The van der Waals surface area contributed by atoms with Crippen molar-refractivity contribution < 1.29 is 9.59 Å². The van der Waals surface area contributed by atoms with Gasteiger partial charge in [-0.05, 0) is 62.7 Å². The van der Waals surface area contributed by atoms with Gasteiger partial charge < -0.3 is 10.2 Å². The number of aryl methyl sites for hydroxylation is 1. The normalized spacial score (nSPS) is 16.9. The predicted octanol–water partition coefficient (Wildman–Crippen LogP) is 4.47. The third-order valence-electron chi connectivity index (χ3n) is 5.10. The lowest BCUT2D eigenvalue weighted by Gasteiger charge is -2.20. The molecular weight excluding hydrogens is 370 g/mol. The maximum absolute atomic E-state index is 12.5. The van der Waals surface area contributed by atoms with E-state index in [0.717, 1.165) is 21.8 Å². The summed E-state index contributed by atoms with van der Waals surface area (Å²) in [5.41, 5.74) is 3.99. The molecule has 0 spiro atoms. The molecular formula is C22H23N3O2S. The van der Waals surface area contributed by atoms with E-state index in [1.54, 1.807) is 16.2 Å². The number of carbonyl (C=O) groups is 2. The fourth-order valence-corrected chi connectivity index (χ4v) is 4.57. The Kier molecular flexibility index (Phi) is 4.89. The Hall–Kier alpha value is -2.73. The third-order valence-corrected chi connectivity index (χ3v) is 6.16. The van der Waals surface area contributed by atoms with Crippen LogP contribution < -0.4 is 5.32 Å². The van der Waals surface area contributed by atoms with Crippen LogP contribution >= 0.6 is 11.3 Å². The van der Waals surface area contributed by atoms with E-state index in [0.29, 0.717) is 6.54 Å². The minimum absolute atomic E-state index is 0.0524. The van der Waals surface area contributed by atoms with Gasteiger partial charge in [0.1, 0.15) is 5.01 Å². The first-order valence-corrected chi connectivity index (χ1v) is 10.3. The van der Waals surface area contributed by atoms with Crippen molar-refractivity contribution in [3.63, 3.8) is 0 Å². The van der Waals surface area contributed by atoms with Gasteiger partial charge in [0.15, 0.2) is 0 Å². The number of hydrogen-bond acceptors (Lipinski definition) is 4. The Morgan fingerprint density at radius 3 is 2.64 bits per heavy atom. The summed E-state index contributed by atoms with van der Waals surface area (Å²) in [7, 11) is 0. The minimum atomic E-state index is -0.290. The van der Waals surface area contributed by atoms with Crippen LogP contribution in [0.5, 0.6) is 0 Å². The second-order valence-electron chi connectivity index (χ2n) is 7.60. The van der Waals surface area contributed by atoms with Crippen LogP contribution in [0.25, 0.3) is 20.8 Å². The molecule has 0 unspecified atom stereocenters. The molecule has 1 aliphatic rings. The zero-order valence-corrected chi connectivity index (χ0v) is 17.0. The maximum Gasteiger partial charge on any atom is 0.229 e. The summed E-state index contributed by atoms with van der Waals surface area (Å²) in [4.78, 5) is 31.0. The van der Waals surface area contributed by atoms with Crippen molar-refractivity contribution in [2.75, 3.05) is 11.9 Å². The molecule has 1 aromatic heterocycles. The highest BCUT2D eigenvalue weighted by Gasteiger charge is 2.35. The lowest BCUT2D eigenvalue weighted by molar-refractivity contribution is -0.129. The van der Waals surface area contributed by atoms with Gasteiger partial charge in [-0.1, -0.05) is 6.07 Å². The Balaban J connectivity index is 1.46. The standard InChI is InChI=1S/C22H23N3O2S/c1-13(2)25-12-16(11-20(25)26)21(27)23-17-7-5-15(6-8-17)22-24-18-9-4-14(3)10-19(18)28-22/h4-10,13,16H,11-12H2,1-3H3,(H,23,27)/t16-/m1/s1. The molecule has 1 saturated heterocycles. The lowest BCUT2D eigenvalue weighted by Crippen LogP contribution is -2.33. The van der Waals surface area contributed by atoms with E-state index in [9.17, 15) is 9.59 Å². The first kappa shape index (κ1) is 18.6. The Morgan fingerprint density at radius 1 is 1.21 bits per heavy atom. The zero-order valence-electron chi connectivity index (χ0n) is 16.2. The van der Waals surface area contributed by atoms with Gasteiger partial charge >= 0.3 is 0 Å². The molecule has 1 aliphatic heterocycles. The second kappa shape index (κ2) is 7.36. The molecule has 5 nitrogen and oxygen atoms in total. The smallest absolute Gasteiger partial charge is 0.229 e. The molecule has 1 fully saturated rings. The van der Waals surface area contributed by atoms with Crippen molar-refractivity contribution in [1.82, 2.24) is 9.88 Å². The largest absolute Gasteiger partial charge is 0.339 e. The molecule has 6 heteroatoms. The van der Waals surface area contributed by atoms with Gasteiger partial charge in [-0.25, -0.2) is 4.98 Å². The van der Waals surface area contributed by atoms with Gasteiger partial charge in [-0.15, -0.1) is 11.3 Å². The van der Waals surface area contributed by atoms with E-state index >= 15 is 0 Å². The highest BCUT2D eigenvalue weighted by Crippen LogP contribution is 2.31. The molecule has 2 amide bonds. The number of amides is 2. The third kappa shape index (κ3) is 3.64. The van der Waals surface area contributed by atoms with Crippen molar-refractivity contribution in [3.8, 4) is 10.6 Å². The highest BCUT2D eigenvalue weighted by atomic mass is 32.1. The predicted molar refractivity (Wildman–Crippen MR) is 113 cm³/mol. The van der Waals surface area contributed by atoms with Crippen LogP contribution in [0.15, 0.2) is 42.5 Å². The van der Waals surface area contributed by atoms with Crippen LogP contribution in [0.3, 0.4) is 0 Å². The first-order chi connectivity index (χ1) is 13.4. The molecule has 1 atom stereocenters. The summed E-state index contributed by atoms with van der Waals surface area (Å²) in [5.74, 6) is -0.335. The van der Waals surface area contributed by atoms with Crippen molar-refractivity contribution in [2.45, 2.75) is 33.2 Å². The number of benzene rings is 2. The fourth-order valence-electron chi connectivity index (χ4n) is 3.50. The molecule has 3 aromatic rings. The molecule has 144 valence electrons. The van der Waals surface area contributed by atoms with Crippen molar-refractivity contribution in [1.29, 1.82) is 0 Å². The highest BCUT2D eigenvalue weighted by molar-refractivity contribution is 7.21. The van der Waals surface area contributed by atoms with Crippen LogP contribution in [-0.4, -0.2) is 34.3 Å². The molecule has 4 rings (SSSR count). The van der Waals surface area contributed by atoms with Crippen molar-refractivity contribution in [2.24, 2.45) is 5.92 Å². The summed E-state index contributed by atoms with van der Waals surface area (Å²) in [5, 5.41) is 3.91. The Morgan fingerprint density at radius 2 is 1.96 bits per heavy atom. The number of nitrogens with zero attached hydrogens (tertiary/aromatic N) is 2. The number of hydrogen-bond donors (Lipinski definition) is 1. The van der Waals surface area contributed by atoms with Crippen molar-refractivity contribution in [3.05, 3.63) is 48.0 Å². The number of fused-ring (bicyclic) bond motifs is 1. The maximum atomic E-state index is 12.5. The summed E-state index contributed by atoms with van der Waals surface area (Å²) >= 11 is 1.67. The van der Waals surface area contributed by atoms with E-state index < -0.39 is 0 Å². The number of thiazole rings is 1. The quantitative estimate of drug-likeness (QED) is 0.711. The van der Waals surface area contributed by atoms with E-state index in [4.69, 9.17) is 4.98 Å². The number of carbonyl (C=O) groups excluding carboxylic acids is 2. The summed E-state index contributed by atoms with van der Waals surface area (Å²) < 4.78 is 1.17. The molecule has 0 bridgehead atoms. The Bertz CT molecular complexity index is 1040. The number of rotatable bonds is 4. The number of aromatic nitrogens is 1. The summed E-state index contributed by atoms with van der Waals surface area (Å²) in [6.07, 6.45) is 0.285. The average Bonchev–Trinajstić information content (AvgIpc) is 3.25. The van der Waals surface area contributed by atoms with Gasteiger partial charge in [0.2, 0.25) is 11.8 Å². The van der Waals surface area contributed by atoms with Crippen LogP contribution in [0.4, 0.5) is 5.69 Å². The van der Waals surface area contributed by atoms with Gasteiger partial charge in [0, 0.05) is 30.3 Å². The second-order valence-corrected chi connectivity index (χ2v) is 8.63. The van der Waals surface area contributed by atoms with Gasteiger partial charge in [-0.2, -0.15) is 0 Å². The lowest BCUT2D eigenvalue weighted by atomic mass is 10.1. The van der Waals surface area contributed by atoms with E-state index in [1.807, 2.05) is 44.2 Å². The molecule has 2 heterocycles. The summed E-state index contributed by atoms with van der Waals surface area (Å²) in [6, 6.07) is 14.1. The Labute approximate surface area is 168 Å². The van der Waals surface area contributed by atoms with E-state index in [1.165, 1.54) is 10.3 Å². The van der Waals surface area contributed by atoms with E-state index in [-0.39, 0.29) is 30.2 Å². The number of likely N-dealkylation sites (tertiary alicyclic amines) is 1. The topological polar surface area (TPSA) is 62.3 Å². The monoisotopic (exact) mass is 393 g/mol. The van der Waals surface area contributed by atoms with Crippen LogP contribution in [0.2, 0.25) is 0 Å². The van der Waals surface area contributed by atoms with Crippen LogP contribution in [-0.2, 0) is 9.59 Å². The molecule has 1 N–H and O–H groups in total.